The fraction of sp³-hybridized carbons (Fsp3) is 0.381. The van der Waals surface area contributed by atoms with Crippen LogP contribution in [0.1, 0.15) is 31.0 Å². The van der Waals surface area contributed by atoms with Gasteiger partial charge in [-0.25, -0.2) is 13.4 Å². The minimum Gasteiger partial charge on any atom is -0.317 e. The van der Waals surface area contributed by atoms with Crippen molar-refractivity contribution >= 4 is 31.5 Å². The third-order valence-electron chi connectivity index (χ3n) is 4.96. The molecule has 1 aliphatic rings. The van der Waals surface area contributed by atoms with Crippen LogP contribution in [0.3, 0.4) is 0 Å². The van der Waals surface area contributed by atoms with Crippen molar-refractivity contribution in [1.29, 1.82) is 0 Å². The highest BCUT2D eigenvalue weighted by atomic mass is 32.3. The van der Waals surface area contributed by atoms with Crippen LogP contribution in [0.25, 0.3) is 0 Å². The predicted molar refractivity (Wildman–Crippen MR) is 119 cm³/mol. The SMILES string of the molecule is CC(C)C1c2cc(F)ccc2CCN1C(=O)Nc1ccc(S(=O)(=O)N=S(C)(C)=O)cc1. The van der Waals surface area contributed by atoms with Crippen molar-refractivity contribution in [2.75, 3.05) is 24.4 Å². The normalized spacial score (nSPS) is 16.7. The predicted octanol–water partition coefficient (Wildman–Crippen LogP) is 4.03. The van der Waals surface area contributed by atoms with E-state index in [1.807, 2.05) is 13.8 Å². The number of amides is 2. The number of rotatable bonds is 4. The molecular formula is C21H26FN3O4S2. The van der Waals surface area contributed by atoms with Crippen LogP contribution in [0.4, 0.5) is 14.9 Å². The van der Waals surface area contributed by atoms with Crippen LogP contribution in [0, 0.1) is 11.7 Å². The minimum atomic E-state index is -4.05. The van der Waals surface area contributed by atoms with Gasteiger partial charge in [0.1, 0.15) is 5.82 Å². The molecule has 1 heterocycles. The summed E-state index contributed by atoms with van der Waals surface area (Å²) in [5.74, 6) is -0.268. The van der Waals surface area contributed by atoms with Gasteiger partial charge in [-0.05, 0) is 59.9 Å². The van der Waals surface area contributed by atoms with Crippen LogP contribution in [-0.4, -0.2) is 42.6 Å². The molecule has 3 rings (SSSR count). The smallest absolute Gasteiger partial charge is 0.317 e. The van der Waals surface area contributed by atoms with Gasteiger partial charge in [0.05, 0.1) is 20.7 Å². The average Bonchev–Trinajstić information content (AvgIpc) is 2.65. The van der Waals surface area contributed by atoms with Gasteiger partial charge in [0, 0.05) is 24.7 Å². The van der Waals surface area contributed by atoms with E-state index in [1.165, 1.54) is 48.9 Å². The van der Waals surface area contributed by atoms with E-state index in [2.05, 4.69) is 9.08 Å². The van der Waals surface area contributed by atoms with Crippen LogP contribution in [0.5, 0.6) is 0 Å². The summed E-state index contributed by atoms with van der Waals surface area (Å²) in [6, 6.07) is 9.58. The molecule has 0 saturated heterocycles. The summed E-state index contributed by atoms with van der Waals surface area (Å²) in [6.07, 6.45) is 3.11. The first-order valence-electron chi connectivity index (χ1n) is 9.77. The molecule has 7 nitrogen and oxygen atoms in total. The maximum atomic E-state index is 13.8. The molecule has 2 aromatic carbocycles. The third kappa shape index (κ3) is 5.43. The Morgan fingerprint density at radius 1 is 1.13 bits per heavy atom. The van der Waals surface area contributed by atoms with Crippen molar-refractivity contribution in [3.05, 3.63) is 59.4 Å². The van der Waals surface area contributed by atoms with E-state index in [-0.39, 0.29) is 28.7 Å². The lowest BCUT2D eigenvalue weighted by atomic mass is 9.86. The summed E-state index contributed by atoms with van der Waals surface area (Å²) in [5.41, 5.74) is 2.25. The monoisotopic (exact) mass is 467 g/mol. The maximum Gasteiger partial charge on any atom is 0.322 e. The van der Waals surface area contributed by atoms with Crippen molar-refractivity contribution < 1.29 is 21.8 Å². The largest absolute Gasteiger partial charge is 0.322 e. The first kappa shape index (κ1) is 23.2. The van der Waals surface area contributed by atoms with E-state index < -0.39 is 19.8 Å². The zero-order chi connectivity index (χ0) is 23.0. The number of halogens is 1. The van der Waals surface area contributed by atoms with Gasteiger partial charge in [-0.3, -0.25) is 0 Å². The second-order valence-corrected chi connectivity index (χ2v) is 12.5. The lowest BCUT2D eigenvalue weighted by Crippen LogP contribution is -2.44. The lowest BCUT2D eigenvalue weighted by Gasteiger charge is -2.39. The highest BCUT2D eigenvalue weighted by Gasteiger charge is 2.33. The summed E-state index contributed by atoms with van der Waals surface area (Å²) >= 11 is 0. The molecule has 0 aromatic heterocycles. The molecule has 31 heavy (non-hydrogen) atoms. The second kappa shape index (κ2) is 8.58. The summed E-state index contributed by atoms with van der Waals surface area (Å²) in [5, 5.41) is 2.78. The van der Waals surface area contributed by atoms with E-state index >= 15 is 0 Å². The number of benzene rings is 2. The Morgan fingerprint density at radius 2 is 1.77 bits per heavy atom. The number of hydrogen-bond acceptors (Lipinski definition) is 4. The summed E-state index contributed by atoms with van der Waals surface area (Å²) in [7, 11) is -6.88. The van der Waals surface area contributed by atoms with Crippen LogP contribution in [-0.2, 0) is 26.2 Å². The molecule has 0 bridgehead atoms. The van der Waals surface area contributed by atoms with Crippen molar-refractivity contribution in [3.63, 3.8) is 0 Å². The van der Waals surface area contributed by atoms with E-state index in [1.54, 1.807) is 11.0 Å². The number of anilines is 1. The quantitative estimate of drug-likeness (QED) is 0.734. The number of fused-ring (bicyclic) bond motifs is 1. The number of nitrogens with zero attached hydrogens (tertiary/aromatic N) is 2. The van der Waals surface area contributed by atoms with Gasteiger partial charge in [-0.2, -0.15) is 8.42 Å². The van der Waals surface area contributed by atoms with Gasteiger partial charge >= 0.3 is 6.03 Å². The molecule has 0 fully saturated rings. The molecule has 0 spiro atoms. The zero-order valence-corrected chi connectivity index (χ0v) is 19.5. The number of urea groups is 1. The van der Waals surface area contributed by atoms with E-state index in [4.69, 9.17) is 0 Å². The van der Waals surface area contributed by atoms with Gasteiger partial charge in [-0.1, -0.05) is 19.9 Å². The standard InChI is InChI=1S/C21H26FN3O4S2/c1-14(2)20-19-13-16(22)6-5-15(19)11-12-25(20)21(26)23-17-7-9-18(10-8-17)31(28,29)24-30(3,4)27/h5-10,13-14,20H,11-12H2,1-4H3,(H,23,26). The van der Waals surface area contributed by atoms with Crippen molar-refractivity contribution in [3.8, 4) is 0 Å². The Hall–Kier alpha value is -2.46. The molecule has 0 radical (unpaired) electrons. The molecule has 1 N–H and O–H groups in total. The van der Waals surface area contributed by atoms with Crippen molar-refractivity contribution in [2.45, 2.75) is 31.2 Å². The summed E-state index contributed by atoms with van der Waals surface area (Å²) in [4.78, 5) is 14.6. The highest BCUT2D eigenvalue weighted by molar-refractivity contribution is 8.02. The van der Waals surface area contributed by atoms with E-state index in [0.717, 1.165) is 11.1 Å². The van der Waals surface area contributed by atoms with Crippen LogP contribution in [0.15, 0.2) is 51.1 Å². The van der Waals surface area contributed by atoms with Gasteiger partial charge in [0.2, 0.25) is 0 Å². The average molecular weight is 468 g/mol. The van der Waals surface area contributed by atoms with Crippen LogP contribution < -0.4 is 5.32 Å². The molecule has 168 valence electrons. The van der Waals surface area contributed by atoms with E-state index in [9.17, 15) is 21.8 Å². The first-order valence-corrected chi connectivity index (χ1v) is 13.5. The summed E-state index contributed by atoms with van der Waals surface area (Å²) < 4.78 is 53.4. The topological polar surface area (TPSA) is 95.9 Å². The highest BCUT2D eigenvalue weighted by Crippen LogP contribution is 2.36. The number of sulfonamides is 1. The Kier molecular flexibility index (Phi) is 6.43. The molecule has 1 atom stereocenters. The van der Waals surface area contributed by atoms with Crippen LogP contribution in [0.2, 0.25) is 0 Å². The Balaban J connectivity index is 1.82. The maximum absolute atomic E-state index is 13.8. The Labute approximate surface area is 182 Å². The Morgan fingerprint density at radius 3 is 2.35 bits per heavy atom. The van der Waals surface area contributed by atoms with Crippen molar-refractivity contribution in [1.82, 2.24) is 4.90 Å². The fourth-order valence-electron chi connectivity index (χ4n) is 3.75. The second-order valence-electron chi connectivity index (χ2n) is 8.16. The molecule has 10 heteroatoms. The minimum absolute atomic E-state index is 0.0682. The molecule has 0 saturated carbocycles. The van der Waals surface area contributed by atoms with Gasteiger partial charge < -0.3 is 10.2 Å². The number of carbonyl (C=O) groups is 1. The number of nitrogens with one attached hydrogen (secondary N) is 1. The van der Waals surface area contributed by atoms with E-state index in [0.29, 0.717) is 18.7 Å². The van der Waals surface area contributed by atoms with Gasteiger partial charge in [-0.15, -0.1) is 3.77 Å². The number of hydrogen-bond donors (Lipinski definition) is 1. The third-order valence-corrected chi connectivity index (χ3v) is 8.05. The summed E-state index contributed by atoms with van der Waals surface area (Å²) in [6.45, 7) is 4.45. The van der Waals surface area contributed by atoms with Gasteiger partial charge in [0.25, 0.3) is 10.0 Å². The lowest BCUT2D eigenvalue weighted by molar-refractivity contribution is 0.160. The molecular weight excluding hydrogens is 441 g/mol. The molecule has 0 aliphatic carbocycles. The zero-order valence-electron chi connectivity index (χ0n) is 17.8. The molecule has 2 aromatic rings. The fourth-order valence-corrected chi connectivity index (χ4v) is 6.46. The molecule has 1 unspecified atom stereocenters. The molecule has 1 aliphatic heterocycles. The first-order chi connectivity index (χ1) is 14.4. The molecule has 2 amide bonds. The van der Waals surface area contributed by atoms with Gasteiger partial charge in [0.15, 0.2) is 0 Å². The Bertz CT molecular complexity index is 1210. The number of carbonyl (C=O) groups excluding carboxylic acids is 1. The van der Waals surface area contributed by atoms with Crippen LogP contribution >= 0.6 is 0 Å². The van der Waals surface area contributed by atoms with Crippen molar-refractivity contribution in [2.24, 2.45) is 9.69 Å².